The molecule has 0 saturated carbocycles. The topological polar surface area (TPSA) is 95.4 Å². The Bertz CT molecular complexity index is 1750. The molecule has 0 aromatic rings. The largest absolute Gasteiger partial charge is 0.380 e. The quantitative estimate of drug-likeness (QED) is 0.241. The summed E-state index contributed by atoms with van der Waals surface area (Å²) in [6.07, 6.45) is 7.40. The smallest absolute Gasteiger partial charge is 0.128 e. The Morgan fingerprint density at radius 3 is 1.13 bits per heavy atom. The molecule has 0 aromatic heterocycles. The van der Waals surface area contributed by atoms with Crippen LogP contribution < -0.4 is 11.1 Å². The number of hydrogen-bond donors (Lipinski definition) is 2. The summed E-state index contributed by atoms with van der Waals surface area (Å²) in [6.45, 7) is 81.1. The maximum atomic E-state index is 13.6. The van der Waals surface area contributed by atoms with Gasteiger partial charge in [-0.25, -0.2) is 4.39 Å². The molecule has 8 rings (SSSR count). The molecule has 0 radical (unpaired) electrons. The van der Waals surface area contributed by atoms with Crippen molar-refractivity contribution in [1.82, 2.24) is 64.1 Å². The van der Waals surface area contributed by atoms with Gasteiger partial charge in [0.2, 0.25) is 0 Å². The van der Waals surface area contributed by atoms with Gasteiger partial charge in [-0.1, -0.05) is 0 Å². The second-order valence-electron chi connectivity index (χ2n) is 35.2. The van der Waals surface area contributed by atoms with E-state index in [0.717, 1.165) is 70.9 Å². The van der Waals surface area contributed by atoms with Crippen LogP contribution in [0.3, 0.4) is 0 Å². The highest BCUT2D eigenvalue weighted by atomic mass is 19.1. The number of nitrogens with zero attached hydrogens (tertiary/aromatic N) is 12. The van der Waals surface area contributed by atoms with E-state index in [9.17, 15) is 4.39 Å². The molecular formula is C76H165FN14O2. The lowest BCUT2D eigenvalue weighted by atomic mass is 9.98. The van der Waals surface area contributed by atoms with Crippen molar-refractivity contribution in [3.8, 4) is 0 Å². The van der Waals surface area contributed by atoms with E-state index in [0.29, 0.717) is 89.2 Å². The first kappa shape index (κ1) is 90.3. The number of hydrogen-bond acceptors (Lipinski definition) is 16. The van der Waals surface area contributed by atoms with Gasteiger partial charge < -0.3 is 35.2 Å². The van der Waals surface area contributed by atoms with Gasteiger partial charge in [-0.3, -0.25) is 44.1 Å². The monoisotopic (exact) mass is 1330 g/mol. The van der Waals surface area contributed by atoms with Crippen LogP contribution in [-0.2, 0) is 9.47 Å². The summed E-state index contributed by atoms with van der Waals surface area (Å²) in [5.41, 5.74) is 7.15. The molecule has 93 heavy (non-hydrogen) atoms. The molecule has 3 N–H and O–H groups in total. The molecule has 16 nitrogen and oxygen atoms in total. The zero-order valence-electron chi connectivity index (χ0n) is 68.1. The van der Waals surface area contributed by atoms with Gasteiger partial charge in [0.25, 0.3) is 0 Å². The van der Waals surface area contributed by atoms with Crippen LogP contribution >= 0.6 is 0 Å². The number of rotatable bonds is 8. The van der Waals surface area contributed by atoms with Crippen molar-refractivity contribution < 1.29 is 13.9 Å². The first-order valence-electron chi connectivity index (χ1n) is 37.8. The normalized spacial score (nSPS) is 28.1. The molecule has 8 heterocycles. The maximum absolute atomic E-state index is 13.6. The second-order valence-corrected chi connectivity index (χ2v) is 35.2. The Morgan fingerprint density at radius 2 is 0.774 bits per heavy atom. The summed E-state index contributed by atoms with van der Waals surface area (Å²) in [7, 11) is 12.7. The zero-order valence-corrected chi connectivity index (χ0v) is 68.1. The maximum Gasteiger partial charge on any atom is 0.128 e. The van der Waals surface area contributed by atoms with Crippen molar-refractivity contribution in [2.24, 2.45) is 5.73 Å². The number of alkyl halides is 1. The van der Waals surface area contributed by atoms with Gasteiger partial charge in [0.05, 0.1) is 18.8 Å². The van der Waals surface area contributed by atoms with Gasteiger partial charge in [0, 0.05) is 213 Å². The van der Waals surface area contributed by atoms with Crippen molar-refractivity contribution in [3.05, 3.63) is 0 Å². The fourth-order valence-electron chi connectivity index (χ4n) is 13.8. The van der Waals surface area contributed by atoms with Crippen LogP contribution in [0.25, 0.3) is 0 Å². The predicted molar refractivity (Wildman–Crippen MR) is 405 cm³/mol. The molecule has 0 aliphatic carbocycles. The molecule has 8 aliphatic rings. The van der Waals surface area contributed by atoms with E-state index >= 15 is 0 Å². The van der Waals surface area contributed by atoms with Gasteiger partial charge in [-0.05, 0) is 261 Å². The Morgan fingerprint density at radius 1 is 0.387 bits per heavy atom. The van der Waals surface area contributed by atoms with Crippen LogP contribution in [0.4, 0.5) is 4.39 Å². The average molecular weight is 1330 g/mol. The lowest BCUT2D eigenvalue weighted by Gasteiger charge is -2.43. The van der Waals surface area contributed by atoms with E-state index in [-0.39, 0.29) is 6.04 Å². The number of nitrogens with one attached hydrogen (secondary N) is 1. The van der Waals surface area contributed by atoms with Crippen LogP contribution in [0.2, 0.25) is 0 Å². The predicted octanol–water partition coefficient (Wildman–Crippen LogP) is 10.9. The zero-order chi connectivity index (χ0) is 71.5. The number of piperazine rings is 2. The Balaban J connectivity index is 0.000000532. The van der Waals surface area contributed by atoms with E-state index in [4.69, 9.17) is 15.2 Å². The molecule has 8 aliphatic heterocycles. The lowest BCUT2D eigenvalue weighted by Crippen LogP contribution is -2.55. The summed E-state index contributed by atoms with van der Waals surface area (Å²) >= 11 is 0. The lowest BCUT2D eigenvalue weighted by molar-refractivity contribution is -0.0764. The number of ether oxygens (including phenoxy) is 2. The molecule has 0 aromatic carbocycles. The molecule has 0 spiro atoms. The number of likely N-dealkylation sites (tertiary alicyclic amines) is 4. The van der Waals surface area contributed by atoms with E-state index < -0.39 is 6.17 Å². The van der Waals surface area contributed by atoms with E-state index in [1.807, 2.05) is 19.0 Å². The summed E-state index contributed by atoms with van der Waals surface area (Å²) < 4.78 is 24.6. The molecule has 0 bridgehead atoms. The van der Waals surface area contributed by atoms with Crippen LogP contribution in [0.15, 0.2) is 0 Å². The summed E-state index contributed by atoms with van der Waals surface area (Å²) in [5.74, 6) is 0. The summed E-state index contributed by atoms with van der Waals surface area (Å²) in [4.78, 5) is 29.1. The van der Waals surface area contributed by atoms with Gasteiger partial charge in [0.1, 0.15) is 6.17 Å². The summed E-state index contributed by atoms with van der Waals surface area (Å²) in [6, 6.07) is 6.63. The Labute approximate surface area is 580 Å². The van der Waals surface area contributed by atoms with Crippen LogP contribution in [0.1, 0.15) is 219 Å². The first-order valence-corrected chi connectivity index (χ1v) is 37.8. The van der Waals surface area contributed by atoms with Crippen LogP contribution in [-0.4, -0.2) is 339 Å². The van der Waals surface area contributed by atoms with Crippen molar-refractivity contribution >= 4 is 0 Å². The average Bonchev–Trinajstić information content (AvgIpc) is 1.54. The summed E-state index contributed by atoms with van der Waals surface area (Å²) in [5, 5.41) is 3.52. The molecule has 8 fully saturated rings. The van der Waals surface area contributed by atoms with E-state index in [1.54, 1.807) is 0 Å². The van der Waals surface area contributed by atoms with Gasteiger partial charge in [-0.2, -0.15) is 0 Å². The van der Waals surface area contributed by atoms with Gasteiger partial charge >= 0.3 is 0 Å². The van der Waals surface area contributed by atoms with Crippen molar-refractivity contribution in [2.75, 3.05) is 173 Å². The third-order valence-corrected chi connectivity index (χ3v) is 20.6. The van der Waals surface area contributed by atoms with E-state index in [1.165, 1.54) is 104 Å². The number of likely N-dealkylation sites (N-methyl/N-ethyl adjacent to an activating group) is 1. The first-order chi connectivity index (χ1) is 42.7. The molecule has 17 heteroatoms. The SMILES string of the molecule is CC(C)(C)N1CC[C@@H](N)C1.CC(C)N1CCCOCC1.CC(C)N1CCN(C(C)(C)C)CC1.CC(C)N1CC[C@@H](N(C)C)[C@@H](F)C1.CC(C)N1C[C@@H](C)N[C@@H](C)C1.CC(C)N1C[C@@H](C)O[C@@H](C)C1.CN(C)C1CCN(C(C)(C)C)CC1.CN(C)[C@H]1CCN(C(C)(C)C)C1. The van der Waals surface area contributed by atoms with E-state index in [2.05, 4.69) is 267 Å². The molecule has 8 atom stereocenters. The number of morpholine rings is 1. The Hall–Kier alpha value is -0.710. The second kappa shape index (κ2) is 43.8. The standard InChI is InChI=1S/2C11H24N2.C10H21FN2.C10H22N2.C9H20N2.C9H19NO.C8H18N2.C8H17NO/c1-11(2,3)13-8-6-10(7-9-13)12(4)5;1-10(2)12-6-8-13(9-7-12)11(3,4)5;1-8(2)13-6-5-10(12(3)4)9(11)7-13;1-10(2,3)12-7-6-9(8-12)11(4)5;1-7(2)11-5-8(3)10-9(4)6-11;1-7(2)10-5-8(3)11-9(4)6-10;1-8(2,3)10-5-4-7(9)6-10;1-8(2)9-4-3-6-10-7-5-9/h2*10H,6-9H2,1-5H3;8-10H,5-7H2,1-4H3;9H,6-8H2,1-5H3;7-10H,5-6H2,1-4H3;7-9H,5-6H2,1-4H3;7H,4-6,9H2,1-3H3;8H,3-7H2,1-2H3/t;;9-,10+;9-;2*8-,9+;7-;/m..00..1./s1. The van der Waals surface area contributed by atoms with Crippen molar-refractivity contribution in [1.29, 1.82) is 0 Å². The molecule has 0 unspecified atom stereocenters. The fourth-order valence-corrected chi connectivity index (χ4v) is 13.8. The molecule has 558 valence electrons. The van der Waals surface area contributed by atoms with Crippen molar-refractivity contribution in [3.63, 3.8) is 0 Å². The highest BCUT2D eigenvalue weighted by Crippen LogP contribution is 2.25. The van der Waals surface area contributed by atoms with Gasteiger partial charge in [-0.15, -0.1) is 0 Å². The minimum Gasteiger partial charge on any atom is -0.380 e. The molecule has 8 saturated heterocycles. The number of piperidine rings is 2. The number of nitrogens with two attached hydrogens (primary N) is 1. The molecule has 0 amide bonds. The van der Waals surface area contributed by atoms with Crippen LogP contribution in [0.5, 0.6) is 0 Å². The third kappa shape index (κ3) is 37.5. The highest BCUT2D eigenvalue weighted by Gasteiger charge is 2.34. The fraction of sp³-hybridized carbons (Fsp3) is 1.00. The van der Waals surface area contributed by atoms with Crippen LogP contribution in [0, 0.1) is 0 Å². The Kier molecular flexibility index (Phi) is 42.6. The highest BCUT2D eigenvalue weighted by molar-refractivity contribution is 4.91. The minimum atomic E-state index is -0.689. The minimum absolute atomic E-state index is 0.120. The third-order valence-electron chi connectivity index (χ3n) is 20.6. The molecular weight excluding hydrogens is 1160 g/mol. The number of halogens is 1. The van der Waals surface area contributed by atoms with Gasteiger partial charge in [0.15, 0.2) is 0 Å². The van der Waals surface area contributed by atoms with Crippen molar-refractivity contribution in [2.45, 2.75) is 326 Å².